The Morgan fingerprint density at radius 2 is 2.47 bits per heavy atom. The average Bonchev–Trinajstić information content (AvgIpc) is 2.81. The predicted molar refractivity (Wildman–Crippen MR) is 64.4 cm³/mol. The molecule has 1 rings (SSSR count). The van der Waals surface area contributed by atoms with E-state index in [9.17, 15) is 4.79 Å². The lowest BCUT2D eigenvalue weighted by Gasteiger charge is -2.13. The molecule has 0 aliphatic heterocycles. The van der Waals surface area contributed by atoms with Crippen LogP contribution in [0.3, 0.4) is 0 Å². The third-order valence-electron chi connectivity index (χ3n) is 2.56. The molecule has 0 radical (unpaired) electrons. The molecule has 0 bridgehead atoms. The number of ether oxygens (including phenoxy) is 1. The normalized spacial score (nSPS) is 11.8. The minimum absolute atomic E-state index is 0.246. The van der Waals surface area contributed by atoms with E-state index in [1.807, 2.05) is 0 Å². The van der Waals surface area contributed by atoms with Crippen molar-refractivity contribution in [1.29, 1.82) is 0 Å². The van der Waals surface area contributed by atoms with Gasteiger partial charge in [-0.15, -0.1) is 12.3 Å². The van der Waals surface area contributed by atoms with Crippen molar-refractivity contribution in [1.82, 2.24) is 5.32 Å². The lowest BCUT2D eigenvalue weighted by Crippen LogP contribution is -2.27. The largest absolute Gasteiger partial charge is 0.463 e. The van der Waals surface area contributed by atoms with Crippen molar-refractivity contribution in [2.24, 2.45) is 0 Å². The van der Waals surface area contributed by atoms with Crippen molar-refractivity contribution in [2.75, 3.05) is 7.11 Å². The molecule has 0 saturated heterocycles. The Morgan fingerprint density at radius 3 is 3.06 bits per heavy atom. The predicted octanol–water partition coefficient (Wildman–Crippen LogP) is 1.96. The fraction of sp³-hybridized carbons (Fsp3) is 0.462. The van der Waals surface area contributed by atoms with Crippen LogP contribution < -0.4 is 5.32 Å². The number of terminal acetylenes is 1. The molecule has 4 nitrogen and oxygen atoms in total. The number of rotatable bonds is 6. The van der Waals surface area contributed by atoms with Gasteiger partial charge in [0, 0.05) is 24.6 Å². The first-order valence-corrected chi connectivity index (χ1v) is 5.54. The molecule has 0 aromatic carbocycles. The highest BCUT2D eigenvalue weighted by Crippen LogP contribution is 2.12. The first kappa shape index (κ1) is 13.3. The molecule has 1 aromatic rings. The molecule has 1 aromatic heterocycles. The van der Waals surface area contributed by atoms with E-state index < -0.39 is 5.97 Å². The lowest BCUT2D eigenvalue weighted by molar-refractivity contribution is 0.0563. The fourth-order valence-electron chi connectivity index (χ4n) is 1.50. The maximum absolute atomic E-state index is 11.4. The third kappa shape index (κ3) is 3.65. The van der Waals surface area contributed by atoms with E-state index in [4.69, 9.17) is 10.8 Å². The molecule has 1 atom stereocenters. The Hall–Kier alpha value is -1.73. The Bertz CT molecular complexity index is 403. The van der Waals surface area contributed by atoms with E-state index in [2.05, 4.69) is 22.9 Å². The quantitative estimate of drug-likeness (QED) is 0.605. The van der Waals surface area contributed by atoms with Gasteiger partial charge < -0.3 is 14.5 Å². The minimum Gasteiger partial charge on any atom is -0.463 e. The van der Waals surface area contributed by atoms with Crippen LogP contribution in [-0.2, 0) is 11.3 Å². The number of nitrogens with one attached hydrogen (secondary N) is 1. The van der Waals surface area contributed by atoms with Crippen molar-refractivity contribution in [3.8, 4) is 12.3 Å². The molecule has 0 spiro atoms. The molecule has 0 fully saturated rings. The van der Waals surface area contributed by atoms with Gasteiger partial charge in [-0.05, 0) is 12.5 Å². The zero-order valence-corrected chi connectivity index (χ0v) is 10.2. The Labute approximate surface area is 101 Å². The summed E-state index contributed by atoms with van der Waals surface area (Å²) in [5.74, 6) is 2.40. The molecule has 0 aliphatic rings. The van der Waals surface area contributed by atoms with Gasteiger partial charge in [-0.25, -0.2) is 4.79 Å². The van der Waals surface area contributed by atoms with Gasteiger partial charge in [-0.1, -0.05) is 6.92 Å². The number of hydrogen-bond donors (Lipinski definition) is 1. The molecule has 1 heterocycles. The van der Waals surface area contributed by atoms with Gasteiger partial charge >= 0.3 is 5.97 Å². The van der Waals surface area contributed by atoms with Crippen molar-refractivity contribution in [3.05, 3.63) is 23.7 Å². The first-order valence-electron chi connectivity index (χ1n) is 5.54. The summed E-state index contributed by atoms with van der Waals surface area (Å²) in [4.78, 5) is 11.4. The van der Waals surface area contributed by atoms with Crippen molar-refractivity contribution < 1.29 is 13.9 Å². The van der Waals surface area contributed by atoms with E-state index in [1.165, 1.54) is 13.4 Å². The molecule has 0 amide bonds. The summed E-state index contributed by atoms with van der Waals surface area (Å²) in [6.45, 7) is 2.60. The Balaban J connectivity index is 2.60. The summed E-state index contributed by atoms with van der Waals surface area (Å²) < 4.78 is 9.71. The summed E-state index contributed by atoms with van der Waals surface area (Å²) >= 11 is 0. The van der Waals surface area contributed by atoms with Crippen LogP contribution in [0.15, 0.2) is 16.7 Å². The highest BCUT2D eigenvalue weighted by Gasteiger charge is 2.16. The Kier molecular flexibility index (Phi) is 5.31. The standard InChI is InChI=1S/C13H17NO3/c1-4-6-11(5-2)14-9-10-7-8-17-12(10)13(15)16-3/h1,7-8,11,14H,5-6,9H2,2-3H3. The maximum atomic E-state index is 11.4. The van der Waals surface area contributed by atoms with Crippen molar-refractivity contribution in [3.63, 3.8) is 0 Å². The molecule has 17 heavy (non-hydrogen) atoms. The van der Waals surface area contributed by atoms with Crippen LogP contribution in [0.25, 0.3) is 0 Å². The second-order valence-electron chi connectivity index (χ2n) is 3.66. The molecule has 92 valence electrons. The van der Waals surface area contributed by atoms with Crippen molar-refractivity contribution >= 4 is 5.97 Å². The van der Waals surface area contributed by atoms with Gasteiger partial charge in [-0.3, -0.25) is 0 Å². The van der Waals surface area contributed by atoms with E-state index in [-0.39, 0.29) is 11.8 Å². The van der Waals surface area contributed by atoms with E-state index in [0.717, 1.165) is 12.0 Å². The summed E-state index contributed by atoms with van der Waals surface area (Å²) in [6, 6.07) is 2.00. The van der Waals surface area contributed by atoms with E-state index >= 15 is 0 Å². The number of esters is 1. The van der Waals surface area contributed by atoms with Crippen LogP contribution in [0.5, 0.6) is 0 Å². The number of carbonyl (C=O) groups excluding carboxylic acids is 1. The van der Waals surface area contributed by atoms with Crippen molar-refractivity contribution in [2.45, 2.75) is 32.4 Å². The molecule has 4 heteroatoms. The van der Waals surface area contributed by atoms with Crippen LogP contribution in [0, 0.1) is 12.3 Å². The van der Waals surface area contributed by atoms with Crippen LogP contribution >= 0.6 is 0 Å². The molecule has 0 aliphatic carbocycles. The number of carbonyl (C=O) groups is 1. The second-order valence-corrected chi connectivity index (χ2v) is 3.66. The van der Waals surface area contributed by atoms with E-state index in [1.54, 1.807) is 6.07 Å². The second kappa shape index (κ2) is 6.77. The number of furan rings is 1. The lowest BCUT2D eigenvalue weighted by atomic mass is 10.1. The highest BCUT2D eigenvalue weighted by molar-refractivity contribution is 5.87. The Morgan fingerprint density at radius 1 is 1.71 bits per heavy atom. The zero-order valence-electron chi connectivity index (χ0n) is 10.2. The first-order chi connectivity index (χ1) is 8.22. The van der Waals surface area contributed by atoms with Gasteiger partial charge in [0.15, 0.2) is 0 Å². The van der Waals surface area contributed by atoms with Crippen LogP contribution in [0.1, 0.15) is 35.9 Å². The van der Waals surface area contributed by atoms with Gasteiger partial charge in [0.05, 0.1) is 13.4 Å². The average molecular weight is 235 g/mol. The third-order valence-corrected chi connectivity index (χ3v) is 2.56. The van der Waals surface area contributed by atoms with Crippen LogP contribution in [-0.4, -0.2) is 19.1 Å². The highest BCUT2D eigenvalue weighted by atomic mass is 16.5. The van der Waals surface area contributed by atoms with E-state index in [0.29, 0.717) is 13.0 Å². The molecule has 1 N–H and O–H groups in total. The topological polar surface area (TPSA) is 51.5 Å². The van der Waals surface area contributed by atoms with Gasteiger partial charge in [0.25, 0.3) is 0 Å². The molecule has 0 saturated carbocycles. The smallest absolute Gasteiger partial charge is 0.374 e. The summed E-state index contributed by atoms with van der Waals surface area (Å²) in [6.07, 6.45) is 8.36. The maximum Gasteiger partial charge on any atom is 0.374 e. The number of hydrogen-bond acceptors (Lipinski definition) is 4. The minimum atomic E-state index is -0.461. The number of methoxy groups -OCH3 is 1. The van der Waals surface area contributed by atoms with Gasteiger partial charge in [0.1, 0.15) is 0 Å². The van der Waals surface area contributed by atoms with Gasteiger partial charge in [0.2, 0.25) is 5.76 Å². The van der Waals surface area contributed by atoms with Crippen LogP contribution in [0.2, 0.25) is 0 Å². The monoisotopic (exact) mass is 235 g/mol. The zero-order chi connectivity index (χ0) is 12.7. The summed E-state index contributed by atoms with van der Waals surface area (Å²) in [7, 11) is 1.33. The molecular formula is C13H17NO3. The summed E-state index contributed by atoms with van der Waals surface area (Å²) in [5.41, 5.74) is 0.785. The van der Waals surface area contributed by atoms with Crippen LogP contribution in [0.4, 0.5) is 0 Å². The SMILES string of the molecule is C#CCC(CC)NCc1ccoc1C(=O)OC. The molecule has 1 unspecified atom stereocenters. The molecular weight excluding hydrogens is 218 g/mol. The van der Waals surface area contributed by atoms with Gasteiger partial charge in [-0.2, -0.15) is 0 Å². The summed E-state index contributed by atoms with van der Waals surface area (Å²) in [5, 5.41) is 3.28. The fourth-order valence-corrected chi connectivity index (χ4v) is 1.50.